The number of methoxy groups -OCH3 is 1. The fourth-order valence-corrected chi connectivity index (χ4v) is 1.24. The van der Waals surface area contributed by atoms with Crippen LogP contribution in [0.3, 0.4) is 0 Å². The third kappa shape index (κ3) is 3.73. The minimum Gasteiger partial charge on any atom is -0.453 e. The van der Waals surface area contributed by atoms with E-state index in [2.05, 4.69) is 15.4 Å². The number of rotatable bonds is 1. The fourth-order valence-electron chi connectivity index (χ4n) is 0.860. The van der Waals surface area contributed by atoms with Gasteiger partial charge in [0.15, 0.2) is 5.11 Å². The number of amides is 1. The number of alkyl carbamates (subject to hydrolysis) is 1. The van der Waals surface area contributed by atoms with Gasteiger partial charge in [0.25, 0.3) is 0 Å². The Kier molecular flexibility index (Phi) is 4.33. The van der Waals surface area contributed by atoms with Crippen LogP contribution in [-0.4, -0.2) is 18.3 Å². The lowest BCUT2D eigenvalue weighted by Crippen LogP contribution is -2.33. The molecule has 0 bridgehead atoms. The molecule has 2 N–H and O–H groups in total. The molecule has 4 nitrogen and oxygen atoms in total. The van der Waals surface area contributed by atoms with Crippen molar-refractivity contribution in [2.75, 3.05) is 12.4 Å². The van der Waals surface area contributed by atoms with E-state index in [9.17, 15) is 4.79 Å². The second kappa shape index (κ2) is 5.53. The molecule has 0 atom stereocenters. The number of halogens is 1. The van der Waals surface area contributed by atoms with Gasteiger partial charge in [0.2, 0.25) is 0 Å². The Bertz CT molecular complexity index is 384. The molecule has 0 saturated heterocycles. The molecular formula is C9H9ClN2O2S. The number of benzene rings is 1. The number of ether oxygens (including phenoxy) is 1. The second-order valence-corrected chi connectivity index (χ2v) is 3.37. The Morgan fingerprint density at radius 3 is 2.73 bits per heavy atom. The summed E-state index contributed by atoms with van der Waals surface area (Å²) in [4.78, 5) is 10.8. The van der Waals surface area contributed by atoms with Crippen LogP contribution in [0.5, 0.6) is 0 Å². The van der Waals surface area contributed by atoms with Gasteiger partial charge >= 0.3 is 6.09 Å². The van der Waals surface area contributed by atoms with Crippen molar-refractivity contribution >= 4 is 40.7 Å². The molecule has 1 rings (SSSR count). The van der Waals surface area contributed by atoms with E-state index in [4.69, 9.17) is 23.8 Å². The lowest BCUT2D eigenvalue weighted by molar-refractivity contribution is 0.177. The minimum atomic E-state index is -0.625. The first-order valence-electron chi connectivity index (χ1n) is 4.04. The molecule has 0 unspecified atom stereocenters. The predicted molar refractivity (Wildman–Crippen MR) is 63.2 cm³/mol. The Balaban J connectivity index is 2.59. The molecule has 80 valence electrons. The molecule has 0 aromatic heterocycles. The summed E-state index contributed by atoms with van der Waals surface area (Å²) in [5.41, 5.74) is 0.626. The number of hydrogen-bond acceptors (Lipinski definition) is 3. The van der Waals surface area contributed by atoms with Crippen LogP contribution in [0.2, 0.25) is 5.02 Å². The zero-order valence-electron chi connectivity index (χ0n) is 7.91. The number of carbonyl (C=O) groups excluding carboxylic acids is 1. The standard InChI is InChI=1S/C9H9ClN2O2S/c1-14-9(13)12-8(15)11-7-5-3-2-4-6(7)10/h2-5H,1H3,(H2,11,12,13,15). The van der Waals surface area contributed by atoms with Gasteiger partial charge in [0.05, 0.1) is 17.8 Å². The van der Waals surface area contributed by atoms with Crippen molar-refractivity contribution < 1.29 is 9.53 Å². The summed E-state index contributed by atoms with van der Waals surface area (Å²) in [6.45, 7) is 0. The van der Waals surface area contributed by atoms with E-state index < -0.39 is 6.09 Å². The Morgan fingerprint density at radius 2 is 2.13 bits per heavy atom. The van der Waals surface area contributed by atoms with E-state index in [0.29, 0.717) is 10.7 Å². The molecule has 0 radical (unpaired) electrons. The topological polar surface area (TPSA) is 50.4 Å². The summed E-state index contributed by atoms with van der Waals surface area (Å²) in [6, 6.07) is 7.05. The van der Waals surface area contributed by atoms with Crippen molar-refractivity contribution in [3.05, 3.63) is 29.3 Å². The maximum Gasteiger partial charge on any atom is 0.413 e. The molecule has 0 aliphatic carbocycles. The average Bonchev–Trinajstić information content (AvgIpc) is 2.21. The van der Waals surface area contributed by atoms with Gasteiger partial charge < -0.3 is 10.1 Å². The highest BCUT2D eigenvalue weighted by Crippen LogP contribution is 2.19. The van der Waals surface area contributed by atoms with E-state index >= 15 is 0 Å². The van der Waals surface area contributed by atoms with Crippen LogP contribution in [0, 0.1) is 0 Å². The molecule has 0 aliphatic heterocycles. The van der Waals surface area contributed by atoms with Crippen LogP contribution in [0.1, 0.15) is 0 Å². The number of para-hydroxylation sites is 1. The molecule has 6 heteroatoms. The first-order chi connectivity index (χ1) is 7.13. The van der Waals surface area contributed by atoms with Crippen molar-refractivity contribution in [3.8, 4) is 0 Å². The Morgan fingerprint density at radius 1 is 1.47 bits per heavy atom. The van der Waals surface area contributed by atoms with E-state index in [0.717, 1.165) is 0 Å². The normalized spacial score (nSPS) is 9.20. The molecule has 0 aliphatic rings. The fraction of sp³-hybridized carbons (Fsp3) is 0.111. The van der Waals surface area contributed by atoms with Crippen LogP contribution >= 0.6 is 23.8 Å². The van der Waals surface area contributed by atoms with E-state index in [1.165, 1.54) is 7.11 Å². The van der Waals surface area contributed by atoms with Crippen LogP contribution < -0.4 is 10.6 Å². The van der Waals surface area contributed by atoms with Crippen molar-refractivity contribution in [1.82, 2.24) is 5.32 Å². The van der Waals surface area contributed by atoms with Gasteiger partial charge in [0.1, 0.15) is 0 Å². The van der Waals surface area contributed by atoms with Gasteiger partial charge in [-0.25, -0.2) is 4.79 Å². The zero-order valence-corrected chi connectivity index (χ0v) is 9.48. The van der Waals surface area contributed by atoms with Crippen LogP contribution in [0.25, 0.3) is 0 Å². The van der Waals surface area contributed by atoms with Crippen LogP contribution in [0.4, 0.5) is 10.5 Å². The van der Waals surface area contributed by atoms with E-state index in [-0.39, 0.29) is 5.11 Å². The van der Waals surface area contributed by atoms with Crippen molar-refractivity contribution in [2.24, 2.45) is 0 Å². The van der Waals surface area contributed by atoms with Gasteiger partial charge in [-0.2, -0.15) is 0 Å². The number of nitrogens with one attached hydrogen (secondary N) is 2. The Labute approximate surface area is 97.6 Å². The van der Waals surface area contributed by atoms with Gasteiger partial charge in [-0.1, -0.05) is 23.7 Å². The number of carbonyl (C=O) groups is 1. The van der Waals surface area contributed by atoms with Crippen molar-refractivity contribution in [2.45, 2.75) is 0 Å². The molecule has 1 amide bonds. The summed E-state index contributed by atoms with van der Waals surface area (Å²) in [6.07, 6.45) is -0.625. The molecule has 1 aromatic carbocycles. The van der Waals surface area contributed by atoms with Crippen LogP contribution in [0.15, 0.2) is 24.3 Å². The molecule has 15 heavy (non-hydrogen) atoms. The average molecular weight is 245 g/mol. The molecule has 1 aromatic rings. The van der Waals surface area contributed by atoms with Gasteiger partial charge in [0, 0.05) is 0 Å². The molecule has 0 spiro atoms. The van der Waals surface area contributed by atoms with Gasteiger partial charge in [-0.05, 0) is 24.4 Å². The highest BCUT2D eigenvalue weighted by Gasteiger charge is 2.05. The van der Waals surface area contributed by atoms with Crippen molar-refractivity contribution in [1.29, 1.82) is 0 Å². The molecular weight excluding hydrogens is 236 g/mol. The first-order valence-corrected chi connectivity index (χ1v) is 4.82. The molecule has 0 heterocycles. The van der Waals surface area contributed by atoms with Crippen molar-refractivity contribution in [3.63, 3.8) is 0 Å². The molecule has 0 saturated carbocycles. The highest BCUT2D eigenvalue weighted by molar-refractivity contribution is 7.80. The van der Waals surface area contributed by atoms with E-state index in [1.807, 2.05) is 0 Å². The zero-order chi connectivity index (χ0) is 11.3. The third-order valence-corrected chi connectivity index (χ3v) is 2.06. The summed E-state index contributed by atoms with van der Waals surface area (Å²) < 4.78 is 4.38. The van der Waals surface area contributed by atoms with Crippen LogP contribution in [-0.2, 0) is 4.74 Å². The monoisotopic (exact) mass is 244 g/mol. The summed E-state index contributed by atoms with van der Waals surface area (Å²) >= 11 is 10.7. The maximum atomic E-state index is 10.8. The lowest BCUT2D eigenvalue weighted by atomic mass is 10.3. The maximum absolute atomic E-state index is 10.8. The first kappa shape index (κ1) is 11.7. The summed E-state index contributed by atoms with van der Waals surface area (Å²) in [7, 11) is 1.26. The quantitative estimate of drug-likeness (QED) is 0.745. The Hall–Kier alpha value is -1.33. The second-order valence-electron chi connectivity index (χ2n) is 2.55. The smallest absolute Gasteiger partial charge is 0.413 e. The van der Waals surface area contributed by atoms with Gasteiger partial charge in [-0.15, -0.1) is 0 Å². The largest absolute Gasteiger partial charge is 0.453 e. The highest BCUT2D eigenvalue weighted by atomic mass is 35.5. The lowest BCUT2D eigenvalue weighted by Gasteiger charge is -2.09. The summed E-state index contributed by atoms with van der Waals surface area (Å²) in [5, 5.41) is 5.72. The number of anilines is 1. The number of hydrogen-bond donors (Lipinski definition) is 2. The predicted octanol–water partition coefficient (Wildman–Crippen LogP) is 2.39. The van der Waals surface area contributed by atoms with Gasteiger partial charge in [-0.3, -0.25) is 5.32 Å². The minimum absolute atomic E-state index is 0.134. The summed E-state index contributed by atoms with van der Waals surface area (Å²) in [5.74, 6) is 0. The third-order valence-electron chi connectivity index (χ3n) is 1.52. The number of thiocarbonyl (C=S) groups is 1. The van der Waals surface area contributed by atoms with E-state index in [1.54, 1.807) is 24.3 Å². The SMILES string of the molecule is COC(=O)NC(=S)Nc1ccccc1Cl. The molecule has 0 fully saturated rings.